The molecule has 0 radical (unpaired) electrons. The molecule has 0 aliphatic heterocycles. The van der Waals surface area contributed by atoms with E-state index >= 15 is 0 Å². The largest absolute Gasteiger partial charge is 0.117 e. The number of rotatable bonds is 3. The Kier molecular flexibility index (Phi) is 4.25. The first-order valence-electron chi connectivity index (χ1n) is 5.63. The Balaban J connectivity index is 2.23. The van der Waals surface area contributed by atoms with Crippen molar-refractivity contribution in [3.05, 3.63) is 70.2 Å². The van der Waals surface area contributed by atoms with Crippen LogP contribution < -0.4 is 0 Å². The Labute approximate surface area is 116 Å². The summed E-state index contributed by atoms with van der Waals surface area (Å²) in [6, 6.07) is 18.6. The van der Waals surface area contributed by atoms with E-state index in [1.165, 1.54) is 5.56 Å². The molecule has 0 heterocycles. The van der Waals surface area contributed by atoms with Gasteiger partial charge in [0.15, 0.2) is 0 Å². The first-order valence-corrected chi connectivity index (χ1v) is 6.86. The van der Waals surface area contributed by atoms with Crippen molar-refractivity contribution in [2.45, 2.75) is 18.2 Å². The molecule has 88 valence electrons. The minimum Gasteiger partial charge on any atom is -0.117 e. The highest BCUT2D eigenvalue weighted by Gasteiger charge is 2.18. The molecule has 0 nitrogen and oxygen atoms in total. The summed E-state index contributed by atoms with van der Waals surface area (Å²) in [7, 11) is 0. The van der Waals surface area contributed by atoms with Crippen LogP contribution >= 0.6 is 27.5 Å². The monoisotopic (exact) mass is 308 g/mol. The average Bonchev–Trinajstić information content (AvgIpc) is 2.38. The van der Waals surface area contributed by atoms with E-state index in [1.54, 1.807) is 0 Å². The highest BCUT2D eigenvalue weighted by Crippen LogP contribution is 2.36. The summed E-state index contributed by atoms with van der Waals surface area (Å²) in [5.41, 5.74) is 2.42. The van der Waals surface area contributed by atoms with Crippen molar-refractivity contribution >= 4 is 27.5 Å². The zero-order valence-corrected chi connectivity index (χ0v) is 11.9. The van der Waals surface area contributed by atoms with Gasteiger partial charge in [0.25, 0.3) is 0 Å². The fraction of sp³-hybridized carbons (Fsp3) is 0.200. The molecule has 0 fully saturated rings. The van der Waals surface area contributed by atoms with E-state index < -0.39 is 0 Å². The standard InChI is InChI=1S/C15H14BrCl/c1-11(12-6-3-2-4-7-12)15(17)13-8-5-9-14(16)10-13/h2-11,15H,1H3. The van der Waals surface area contributed by atoms with E-state index in [9.17, 15) is 0 Å². The summed E-state index contributed by atoms with van der Waals surface area (Å²) in [4.78, 5) is 0. The Hall–Kier alpha value is -0.790. The molecule has 2 rings (SSSR count). The first kappa shape index (κ1) is 12.7. The maximum atomic E-state index is 6.54. The lowest BCUT2D eigenvalue weighted by atomic mass is 9.93. The normalized spacial score (nSPS) is 14.3. The van der Waals surface area contributed by atoms with Gasteiger partial charge in [0, 0.05) is 10.4 Å². The van der Waals surface area contributed by atoms with Crippen LogP contribution in [0.3, 0.4) is 0 Å². The van der Waals surface area contributed by atoms with Crippen molar-refractivity contribution in [1.82, 2.24) is 0 Å². The van der Waals surface area contributed by atoms with Crippen molar-refractivity contribution in [3.63, 3.8) is 0 Å². The van der Waals surface area contributed by atoms with Crippen molar-refractivity contribution in [3.8, 4) is 0 Å². The highest BCUT2D eigenvalue weighted by atomic mass is 79.9. The van der Waals surface area contributed by atoms with Gasteiger partial charge in [0.05, 0.1) is 5.38 Å². The molecule has 2 aromatic rings. The summed E-state index contributed by atoms with van der Waals surface area (Å²) in [6.45, 7) is 2.16. The SMILES string of the molecule is CC(c1ccccc1)C(Cl)c1cccc(Br)c1. The molecule has 0 aliphatic carbocycles. The lowest BCUT2D eigenvalue weighted by molar-refractivity contribution is 0.731. The molecule has 2 aromatic carbocycles. The van der Waals surface area contributed by atoms with Gasteiger partial charge in [-0.2, -0.15) is 0 Å². The van der Waals surface area contributed by atoms with Crippen LogP contribution in [-0.4, -0.2) is 0 Å². The number of alkyl halides is 1. The first-order chi connectivity index (χ1) is 8.18. The number of benzene rings is 2. The number of halogens is 2. The fourth-order valence-electron chi connectivity index (χ4n) is 1.89. The second-order valence-electron chi connectivity index (χ2n) is 4.16. The van der Waals surface area contributed by atoms with E-state index in [2.05, 4.69) is 59.3 Å². The van der Waals surface area contributed by atoms with Crippen LogP contribution in [0.1, 0.15) is 29.3 Å². The van der Waals surface area contributed by atoms with Crippen LogP contribution in [-0.2, 0) is 0 Å². The van der Waals surface area contributed by atoms with Crippen LogP contribution in [0.2, 0.25) is 0 Å². The third-order valence-electron chi connectivity index (χ3n) is 2.93. The molecule has 17 heavy (non-hydrogen) atoms. The van der Waals surface area contributed by atoms with Crippen molar-refractivity contribution in [2.24, 2.45) is 0 Å². The topological polar surface area (TPSA) is 0 Å². The Morgan fingerprint density at radius 1 is 0.941 bits per heavy atom. The molecule has 0 amide bonds. The average molecular weight is 310 g/mol. The lowest BCUT2D eigenvalue weighted by Gasteiger charge is -2.19. The van der Waals surface area contributed by atoms with E-state index in [0.29, 0.717) is 5.92 Å². The van der Waals surface area contributed by atoms with Gasteiger partial charge in [-0.3, -0.25) is 0 Å². The molecule has 2 unspecified atom stereocenters. The van der Waals surface area contributed by atoms with Crippen LogP contribution in [0.15, 0.2) is 59.1 Å². The van der Waals surface area contributed by atoms with Crippen LogP contribution in [0, 0.1) is 0 Å². The summed E-state index contributed by atoms with van der Waals surface area (Å²) in [6.07, 6.45) is 0. The van der Waals surface area contributed by atoms with E-state index in [-0.39, 0.29) is 5.38 Å². The van der Waals surface area contributed by atoms with Gasteiger partial charge in [-0.1, -0.05) is 65.3 Å². The molecule has 0 aliphatic rings. The highest BCUT2D eigenvalue weighted by molar-refractivity contribution is 9.10. The Morgan fingerprint density at radius 2 is 1.59 bits per heavy atom. The third-order valence-corrected chi connectivity index (χ3v) is 4.05. The second kappa shape index (κ2) is 5.70. The van der Waals surface area contributed by atoms with Crippen molar-refractivity contribution in [1.29, 1.82) is 0 Å². The third kappa shape index (κ3) is 3.11. The number of hydrogen-bond donors (Lipinski definition) is 0. The van der Waals surface area contributed by atoms with Gasteiger partial charge in [0.2, 0.25) is 0 Å². The Bertz CT molecular complexity index is 481. The van der Waals surface area contributed by atoms with E-state index in [4.69, 9.17) is 11.6 Å². The summed E-state index contributed by atoms with van der Waals surface area (Å²) < 4.78 is 1.07. The summed E-state index contributed by atoms with van der Waals surface area (Å²) in [5.74, 6) is 0.298. The van der Waals surface area contributed by atoms with Crippen molar-refractivity contribution in [2.75, 3.05) is 0 Å². The molecule has 0 saturated carbocycles. The molecular formula is C15H14BrCl. The quantitative estimate of drug-likeness (QED) is 0.654. The minimum atomic E-state index is -0.00472. The zero-order chi connectivity index (χ0) is 12.3. The predicted molar refractivity (Wildman–Crippen MR) is 77.6 cm³/mol. The van der Waals surface area contributed by atoms with Gasteiger partial charge < -0.3 is 0 Å². The van der Waals surface area contributed by atoms with E-state index in [1.807, 2.05) is 18.2 Å². The van der Waals surface area contributed by atoms with Gasteiger partial charge >= 0.3 is 0 Å². The molecule has 2 heteroatoms. The molecule has 2 atom stereocenters. The van der Waals surface area contributed by atoms with Crippen LogP contribution in [0.5, 0.6) is 0 Å². The van der Waals surface area contributed by atoms with Crippen molar-refractivity contribution < 1.29 is 0 Å². The van der Waals surface area contributed by atoms with Gasteiger partial charge in [-0.25, -0.2) is 0 Å². The summed E-state index contributed by atoms with van der Waals surface area (Å²) in [5, 5.41) is -0.00472. The van der Waals surface area contributed by atoms with Gasteiger partial charge in [-0.15, -0.1) is 11.6 Å². The van der Waals surface area contributed by atoms with Crippen LogP contribution in [0.25, 0.3) is 0 Å². The number of hydrogen-bond acceptors (Lipinski definition) is 0. The molecule has 0 saturated heterocycles. The second-order valence-corrected chi connectivity index (χ2v) is 5.54. The minimum absolute atomic E-state index is 0.00472. The zero-order valence-electron chi connectivity index (χ0n) is 9.61. The Morgan fingerprint density at radius 3 is 2.24 bits per heavy atom. The van der Waals surface area contributed by atoms with Gasteiger partial charge in [-0.05, 0) is 23.3 Å². The van der Waals surface area contributed by atoms with Gasteiger partial charge in [0.1, 0.15) is 0 Å². The van der Waals surface area contributed by atoms with E-state index in [0.717, 1.165) is 10.0 Å². The molecular weight excluding hydrogens is 296 g/mol. The molecule has 0 bridgehead atoms. The molecule has 0 spiro atoms. The smallest absolute Gasteiger partial charge is 0.0651 e. The lowest BCUT2D eigenvalue weighted by Crippen LogP contribution is -2.02. The van der Waals surface area contributed by atoms with Crippen LogP contribution in [0.4, 0.5) is 0 Å². The summed E-state index contributed by atoms with van der Waals surface area (Å²) >= 11 is 10.0. The molecule has 0 N–H and O–H groups in total. The predicted octanol–water partition coefficient (Wildman–Crippen LogP) is 5.53. The fourth-order valence-corrected chi connectivity index (χ4v) is 2.59. The molecule has 0 aromatic heterocycles. The maximum absolute atomic E-state index is 6.54. The maximum Gasteiger partial charge on any atom is 0.0651 e.